The van der Waals surface area contributed by atoms with Crippen molar-refractivity contribution < 1.29 is 0 Å². The minimum atomic E-state index is 0.693. The number of unbranched alkanes of at least 4 members (excludes halogenated alkanes) is 1. The normalized spacial score (nSPS) is 12.2. The van der Waals surface area contributed by atoms with Gasteiger partial charge in [-0.05, 0) is 48.7 Å². The summed E-state index contributed by atoms with van der Waals surface area (Å²) in [5.74, 6) is 6.20. The molecule has 1 heteroatoms. The van der Waals surface area contributed by atoms with Crippen LogP contribution in [0.1, 0.15) is 50.7 Å². The van der Waals surface area contributed by atoms with Gasteiger partial charge in [0.25, 0.3) is 0 Å². The second-order valence-corrected chi connectivity index (χ2v) is 6.78. The van der Waals surface area contributed by atoms with Gasteiger partial charge >= 0.3 is 0 Å². The highest BCUT2D eigenvalue weighted by molar-refractivity contribution is 6.08. The molecule has 1 unspecified atom stereocenters. The molecule has 3 aromatic rings. The molecule has 0 saturated carbocycles. The van der Waals surface area contributed by atoms with Crippen molar-refractivity contribution in [3.8, 4) is 24.7 Å². The molecular weight excluding hydrogens is 302 g/mol. The molecule has 0 aliphatic carbocycles. The second-order valence-electron chi connectivity index (χ2n) is 6.78. The van der Waals surface area contributed by atoms with Gasteiger partial charge in [-0.2, -0.15) is 0 Å². The van der Waals surface area contributed by atoms with Crippen LogP contribution in [0.25, 0.3) is 21.8 Å². The predicted molar refractivity (Wildman–Crippen MR) is 109 cm³/mol. The number of hydrogen-bond acceptors (Lipinski definition) is 0. The Morgan fingerprint density at radius 2 is 1.48 bits per heavy atom. The minimum Gasteiger partial charge on any atom is -0.340 e. The van der Waals surface area contributed by atoms with Crippen LogP contribution in [0.2, 0.25) is 0 Å². The zero-order valence-corrected chi connectivity index (χ0v) is 15.2. The molecule has 0 N–H and O–H groups in total. The molecule has 1 heterocycles. The molecule has 0 aliphatic rings. The molecule has 0 fully saturated rings. The zero-order valence-electron chi connectivity index (χ0n) is 15.2. The van der Waals surface area contributed by atoms with E-state index in [1.54, 1.807) is 0 Å². The summed E-state index contributed by atoms with van der Waals surface area (Å²) in [6.45, 7) is 5.60. The monoisotopic (exact) mass is 327 g/mol. The van der Waals surface area contributed by atoms with E-state index in [9.17, 15) is 0 Å². The van der Waals surface area contributed by atoms with E-state index in [0.29, 0.717) is 5.92 Å². The van der Waals surface area contributed by atoms with E-state index in [0.717, 1.165) is 17.7 Å². The van der Waals surface area contributed by atoms with E-state index in [2.05, 4.69) is 54.5 Å². The Kier molecular flexibility index (Phi) is 5.16. The van der Waals surface area contributed by atoms with Crippen LogP contribution in [-0.4, -0.2) is 4.57 Å². The smallest absolute Gasteiger partial charge is 0.0492 e. The Balaban J connectivity index is 2.19. The fourth-order valence-corrected chi connectivity index (χ4v) is 3.66. The summed E-state index contributed by atoms with van der Waals surface area (Å²) in [5, 5.41) is 2.40. The largest absolute Gasteiger partial charge is 0.340 e. The van der Waals surface area contributed by atoms with Gasteiger partial charge in [-0.3, -0.25) is 0 Å². The minimum absolute atomic E-state index is 0.693. The maximum atomic E-state index is 5.62. The van der Waals surface area contributed by atoms with Crippen molar-refractivity contribution in [2.75, 3.05) is 0 Å². The van der Waals surface area contributed by atoms with Crippen LogP contribution in [0.5, 0.6) is 0 Å². The SMILES string of the molecule is C#Cc1ccc2c(c1)c1cc(C#C)ccc1n2CC(CC)CCCC. The second kappa shape index (κ2) is 7.50. The van der Waals surface area contributed by atoms with E-state index in [-0.39, 0.29) is 0 Å². The molecule has 2 aromatic carbocycles. The maximum Gasteiger partial charge on any atom is 0.0492 e. The third kappa shape index (κ3) is 3.29. The molecule has 0 saturated heterocycles. The van der Waals surface area contributed by atoms with Gasteiger partial charge in [-0.15, -0.1) is 12.8 Å². The summed E-state index contributed by atoms with van der Waals surface area (Å²) < 4.78 is 2.45. The summed E-state index contributed by atoms with van der Waals surface area (Å²) in [4.78, 5) is 0. The molecule has 3 rings (SSSR count). The van der Waals surface area contributed by atoms with Crippen LogP contribution < -0.4 is 0 Å². The number of benzene rings is 2. The van der Waals surface area contributed by atoms with Gasteiger partial charge in [0.2, 0.25) is 0 Å². The maximum absolute atomic E-state index is 5.62. The number of terminal acetylenes is 2. The third-order valence-electron chi connectivity index (χ3n) is 5.18. The molecule has 0 radical (unpaired) electrons. The molecule has 126 valence electrons. The predicted octanol–water partition coefficient (Wildman–Crippen LogP) is 5.97. The zero-order chi connectivity index (χ0) is 17.8. The molecule has 1 aromatic heterocycles. The fraction of sp³-hybridized carbons (Fsp3) is 0.333. The van der Waals surface area contributed by atoms with E-state index in [1.807, 2.05) is 12.1 Å². The Morgan fingerprint density at radius 1 is 0.920 bits per heavy atom. The summed E-state index contributed by atoms with van der Waals surface area (Å²) in [7, 11) is 0. The Morgan fingerprint density at radius 3 is 1.92 bits per heavy atom. The van der Waals surface area contributed by atoms with Gasteiger partial charge in [-0.1, -0.05) is 45.0 Å². The van der Waals surface area contributed by atoms with E-state index >= 15 is 0 Å². The Bertz CT molecular complexity index is 904. The van der Waals surface area contributed by atoms with Crippen molar-refractivity contribution >= 4 is 21.8 Å². The highest BCUT2D eigenvalue weighted by Gasteiger charge is 2.15. The molecule has 0 amide bonds. The van der Waals surface area contributed by atoms with Crippen LogP contribution in [0.15, 0.2) is 36.4 Å². The Hall–Kier alpha value is -2.64. The molecule has 0 aliphatic heterocycles. The summed E-state index contributed by atoms with van der Waals surface area (Å²) in [6, 6.07) is 12.6. The van der Waals surface area contributed by atoms with Crippen LogP contribution in [-0.2, 0) is 6.54 Å². The first kappa shape index (κ1) is 17.2. The van der Waals surface area contributed by atoms with Gasteiger partial charge in [-0.25, -0.2) is 0 Å². The quantitative estimate of drug-likeness (QED) is 0.491. The van der Waals surface area contributed by atoms with Crippen LogP contribution in [0, 0.1) is 30.6 Å². The van der Waals surface area contributed by atoms with Crippen molar-refractivity contribution in [2.45, 2.75) is 46.1 Å². The van der Waals surface area contributed by atoms with E-state index < -0.39 is 0 Å². The highest BCUT2D eigenvalue weighted by atomic mass is 15.0. The summed E-state index contributed by atoms with van der Waals surface area (Å²) in [6.07, 6.45) is 16.2. The van der Waals surface area contributed by atoms with Gasteiger partial charge in [0.05, 0.1) is 0 Å². The van der Waals surface area contributed by atoms with Gasteiger partial charge in [0, 0.05) is 39.5 Å². The molecule has 1 nitrogen and oxygen atoms in total. The summed E-state index contributed by atoms with van der Waals surface area (Å²) >= 11 is 0. The van der Waals surface area contributed by atoms with Crippen LogP contribution >= 0.6 is 0 Å². The lowest BCUT2D eigenvalue weighted by molar-refractivity contribution is 0.401. The number of hydrogen-bond donors (Lipinski definition) is 0. The van der Waals surface area contributed by atoms with E-state index in [4.69, 9.17) is 12.8 Å². The van der Waals surface area contributed by atoms with Crippen molar-refractivity contribution in [1.29, 1.82) is 0 Å². The van der Waals surface area contributed by atoms with Crippen molar-refractivity contribution in [3.63, 3.8) is 0 Å². The lowest BCUT2D eigenvalue weighted by Gasteiger charge is -2.17. The number of rotatable bonds is 6. The first-order chi connectivity index (χ1) is 12.2. The van der Waals surface area contributed by atoms with Crippen LogP contribution in [0.3, 0.4) is 0 Å². The van der Waals surface area contributed by atoms with Crippen molar-refractivity contribution in [3.05, 3.63) is 47.5 Å². The highest BCUT2D eigenvalue weighted by Crippen LogP contribution is 2.32. The Labute approximate surface area is 151 Å². The molecule has 0 bridgehead atoms. The molecule has 0 spiro atoms. The van der Waals surface area contributed by atoms with Gasteiger partial charge in [0.15, 0.2) is 0 Å². The standard InChI is InChI=1S/C24H25N/c1-5-9-10-20(8-4)17-25-23-13-11-18(6-2)15-21(23)22-16-19(7-3)12-14-24(22)25/h2-3,11-16,20H,5,8-10,17H2,1,4H3. The first-order valence-electron chi connectivity index (χ1n) is 9.21. The lowest BCUT2D eigenvalue weighted by atomic mass is 9.99. The molecule has 1 atom stereocenters. The van der Waals surface area contributed by atoms with E-state index in [1.165, 1.54) is 47.5 Å². The topological polar surface area (TPSA) is 4.93 Å². The third-order valence-corrected chi connectivity index (χ3v) is 5.18. The fourth-order valence-electron chi connectivity index (χ4n) is 3.66. The van der Waals surface area contributed by atoms with Crippen LogP contribution in [0.4, 0.5) is 0 Å². The molecule has 25 heavy (non-hydrogen) atoms. The number of nitrogens with zero attached hydrogens (tertiary/aromatic N) is 1. The number of aromatic nitrogens is 1. The summed E-state index contributed by atoms with van der Waals surface area (Å²) in [5.41, 5.74) is 4.32. The lowest BCUT2D eigenvalue weighted by Crippen LogP contribution is -2.10. The van der Waals surface area contributed by atoms with Crippen molar-refractivity contribution in [2.24, 2.45) is 5.92 Å². The average Bonchev–Trinajstić information content (AvgIpc) is 2.97. The number of fused-ring (bicyclic) bond motifs is 3. The van der Waals surface area contributed by atoms with Crippen molar-refractivity contribution in [1.82, 2.24) is 4.57 Å². The van der Waals surface area contributed by atoms with Gasteiger partial charge < -0.3 is 4.57 Å². The first-order valence-corrected chi connectivity index (χ1v) is 9.21. The average molecular weight is 327 g/mol. The van der Waals surface area contributed by atoms with Gasteiger partial charge in [0.1, 0.15) is 0 Å². The molecular formula is C24H25N.